The maximum atomic E-state index is 5.89. The Labute approximate surface area is 137 Å². The van der Waals surface area contributed by atoms with Crippen LogP contribution in [-0.4, -0.2) is 25.9 Å². The first kappa shape index (κ1) is 16.3. The Bertz CT molecular complexity index is 411. The van der Waals surface area contributed by atoms with E-state index in [1.807, 2.05) is 0 Å². The van der Waals surface area contributed by atoms with Crippen LogP contribution in [-0.2, 0) is 11.3 Å². The minimum Gasteiger partial charge on any atom is -0.489 e. The van der Waals surface area contributed by atoms with E-state index in [-0.39, 0.29) is 6.10 Å². The fraction of sp³-hybridized carbons (Fsp3) is 0.600. The molecule has 2 rings (SSSR count). The van der Waals surface area contributed by atoms with E-state index in [2.05, 4.69) is 56.2 Å². The highest BCUT2D eigenvalue weighted by molar-refractivity contribution is 9.11. The molecule has 1 aliphatic rings. The molecular formula is C15H21Br2NO2. The summed E-state index contributed by atoms with van der Waals surface area (Å²) >= 11 is 7.19. The van der Waals surface area contributed by atoms with Gasteiger partial charge in [-0.3, -0.25) is 0 Å². The summed E-state index contributed by atoms with van der Waals surface area (Å²) in [6.07, 6.45) is 3.61. The van der Waals surface area contributed by atoms with Crippen molar-refractivity contribution in [3.8, 4) is 5.75 Å². The normalized spacial score (nSPS) is 18.4. The summed E-state index contributed by atoms with van der Waals surface area (Å²) in [4.78, 5) is 0. The largest absolute Gasteiger partial charge is 0.489 e. The summed E-state index contributed by atoms with van der Waals surface area (Å²) in [6, 6.07) is 4.22. The molecule has 0 aromatic heterocycles. The van der Waals surface area contributed by atoms with E-state index in [9.17, 15) is 0 Å². The van der Waals surface area contributed by atoms with Gasteiger partial charge in [0.05, 0.1) is 15.0 Å². The first-order valence-corrected chi connectivity index (χ1v) is 8.72. The number of halogens is 2. The lowest BCUT2D eigenvalue weighted by Crippen LogP contribution is -2.17. The lowest BCUT2D eigenvalue weighted by Gasteiger charge is -2.15. The second kappa shape index (κ2) is 8.37. The molecule has 1 N–H and O–H groups in total. The molecule has 3 nitrogen and oxygen atoms in total. The Kier molecular flexibility index (Phi) is 6.81. The molecule has 1 aromatic carbocycles. The molecule has 0 radical (unpaired) electrons. The van der Waals surface area contributed by atoms with E-state index in [0.717, 1.165) is 53.7 Å². The van der Waals surface area contributed by atoms with Crippen molar-refractivity contribution in [2.75, 3.05) is 19.8 Å². The quantitative estimate of drug-likeness (QED) is 0.686. The molecule has 1 fully saturated rings. The molecule has 0 amide bonds. The smallest absolute Gasteiger partial charge is 0.147 e. The summed E-state index contributed by atoms with van der Waals surface area (Å²) in [7, 11) is 0. The third kappa shape index (κ3) is 4.72. The van der Waals surface area contributed by atoms with E-state index < -0.39 is 0 Å². The van der Waals surface area contributed by atoms with Crippen molar-refractivity contribution in [2.24, 2.45) is 0 Å². The monoisotopic (exact) mass is 405 g/mol. The predicted molar refractivity (Wildman–Crippen MR) is 88.3 cm³/mol. The summed E-state index contributed by atoms with van der Waals surface area (Å²) in [5, 5.41) is 3.40. The minimum absolute atomic E-state index is 0.236. The molecular weight excluding hydrogens is 386 g/mol. The van der Waals surface area contributed by atoms with Gasteiger partial charge >= 0.3 is 0 Å². The number of nitrogens with one attached hydrogen (secondary N) is 1. The fourth-order valence-corrected chi connectivity index (χ4v) is 3.72. The van der Waals surface area contributed by atoms with E-state index in [1.54, 1.807) is 0 Å². The summed E-state index contributed by atoms with van der Waals surface area (Å²) in [5.74, 6) is 0.861. The molecule has 0 bridgehead atoms. The van der Waals surface area contributed by atoms with Gasteiger partial charge in [0.15, 0.2) is 0 Å². The van der Waals surface area contributed by atoms with Crippen LogP contribution in [0.1, 0.15) is 31.7 Å². The lowest BCUT2D eigenvalue weighted by atomic mass is 10.2. The van der Waals surface area contributed by atoms with Gasteiger partial charge in [-0.2, -0.15) is 0 Å². The summed E-state index contributed by atoms with van der Waals surface area (Å²) < 4.78 is 13.4. The molecule has 112 valence electrons. The first-order valence-electron chi connectivity index (χ1n) is 7.13. The molecule has 1 aromatic rings. The molecule has 1 saturated heterocycles. The molecule has 20 heavy (non-hydrogen) atoms. The van der Waals surface area contributed by atoms with Gasteiger partial charge in [-0.15, -0.1) is 0 Å². The van der Waals surface area contributed by atoms with Crippen molar-refractivity contribution >= 4 is 31.9 Å². The van der Waals surface area contributed by atoms with Crippen molar-refractivity contribution in [3.05, 3.63) is 26.6 Å². The molecule has 1 aliphatic heterocycles. The van der Waals surface area contributed by atoms with Crippen LogP contribution in [0.5, 0.6) is 5.75 Å². The van der Waals surface area contributed by atoms with Crippen molar-refractivity contribution in [1.29, 1.82) is 0 Å². The highest BCUT2D eigenvalue weighted by Crippen LogP contribution is 2.35. The maximum Gasteiger partial charge on any atom is 0.147 e. The molecule has 0 aliphatic carbocycles. The van der Waals surface area contributed by atoms with Crippen molar-refractivity contribution < 1.29 is 9.47 Å². The van der Waals surface area contributed by atoms with Gasteiger partial charge < -0.3 is 14.8 Å². The molecule has 1 heterocycles. The fourth-order valence-electron chi connectivity index (χ4n) is 2.21. The number of hydrogen-bond donors (Lipinski definition) is 1. The molecule has 1 unspecified atom stereocenters. The Hall–Kier alpha value is -0.100. The van der Waals surface area contributed by atoms with Gasteiger partial charge in [-0.05, 0) is 75.4 Å². The first-order chi connectivity index (χ1) is 9.70. The summed E-state index contributed by atoms with van der Waals surface area (Å²) in [5.41, 5.74) is 1.24. The van der Waals surface area contributed by atoms with Gasteiger partial charge in [0.25, 0.3) is 0 Å². The van der Waals surface area contributed by atoms with Crippen LogP contribution in [0, 0.1) is 0 Å². The highest BCUT2D eigenvalue weighted by atomic mass is 79.9. The zero-order valence-corrected chi connectivity index (χ0v) is 14.9. The molecule has 0 saturated carbocycles. The van der Waals surface area contributed by atoms with Crippen LogP contribution >= 0.6 is 31.9 Å². The third-order valence-electron chi connectivity index (χ3n) is 3.25. The number of rotatable bonds is 7. The molecule has 0 spiro atoms. The van der Waals surface area contributed by atoms with Gasteiger partial charge in [0.1, 0.15) is 12.4 Å². The van der Waals surface area contributed by atoms with E-state index >= 15 is 0 Å². The van der Waals surface area contributed by atoms with E-state index in [1.165, 1.54) is 5.56 Å². The number of benzene rings is 1. The average Bonchev–Trinajstić information content (AvgIpc) is 2.91. The Balaban J connectivity index is 1.94. The van der Waals surface area contributed by atoms with Gasteiger partial charge in [0, 0.05) is 13.2 Å². The maximum absolute atomic E-state index is 5.89. The Morgan fingerprint density at radius 1 is 1.35 bits per heavy atom. The van der Waals surface area contributed by atoms with Crippen LogP contribution < -0.4 is 10.1 Å². The molecule has 5 heteroatoms. The zero-order valence-electron chi connectivity index (χ0n) is 11.8. The van der Waals surface area contributed by atoms with Crippen molar-refractivity contribution in [2.45, 2.75) is 38.8 Å². The second-order valence-electron chi connectivity index (χ2n) is 5.01. The number of hydrogen-bond acceptors (Lipinski definition) is 3. The average molecular weight is 407 g/mol. The lowest BCUT2D eigenvalue weighted by molar-refractivity contribution is 0.0674. The van der Waals surface area contributed by atoms with Crippen LogP contribution in [0.4, 0.5) is 0 Å². The highest BCUT2D eigenvalue weighted by Gasteiger charge is 2.17. The van der Waals surface area contributed by atoms with Gasteiger partial charge in [-0.1, -0.05) is 6.92 Å². The van der Waals surface area contributed by atoms with Gasteiger partial charge in [-0.25, -0.2) is 0 Å². The van der Waals surface area contributed by atoms with Crippen LogP contribution in [0.3, 0.4) is 0 Å². The van der Waals surface area contributed by atoms with Crippen molar-refractivity contribution in [3.63, 3.8) is 0 Å². The van der Waals surface area contributed by atoms with E-state index in [0.29, 0.717) is 6.61 Å². The standard InChI is InChI=1S/C15H21Br2NO2/c1-2-5-18-9-11-7-13(16)15(14(17)8-11)20-10-12-4-3-6-19-12/h7-8,12,18H,2-6,9-10H2,1H3. The topological polar surface area (TPSA) is 30.5 Å². The minimum atomic E-state index is 0.236. The Morgan fingerprint density at radius 2 is 2.10 bits per heavy atom. The predicted octanol–water partition coefficient (Wildman–Crippen LogP) is 4.27. The van der Waals surface area contributed by atoms with Crippen LogP contribution in [0.2, 0.25) is 0 Å². The third-order valence-corrected chi connectivity index (χ3v) is 4.43. The SMILES string of the molecule is CCCNCc1cc(Br)c(OCC2CCCO2)c(Br)c1. The zero-order chi connectivity index (χ0) is 14.4. The van der Waals surface area contributed by atoms with Crippen LogP contribution in [0.25, 0.3) is 0 Å². The summed E-state index contributed by atoms with van der Waals surface area (Å²) in [6.45, 7) is 5.55. The van der Waals surface area contributed by atoms with Gasteiger partial charge in [0.2, 0.25) is 0 Å². The second-order valence-corrected chi connectivity index (χ2v) is 6.72. The molecule has 1 atom stereocenters. The number of ether oxygens (including phenoxy) is 2. The Morgan fingerprint density at radius 3 is 2.70 bits per heavy atom. The van der Waals surface area contributed by atoms with Crippen LogP contribution in [0.15, 0.2) is 21.1 Å². The van der Waals surface area contributed by atoms with E-state index in [4.69, 9.17) is 9.47 Å². The van der Waals surface area contributed by atoms with Crippen molar-refractivity contribution in [1.82, 2.24) is 5.32 Å².